The summed E-state index contributed by atoms with van der Waals surface area (Å²) >= 11 is 5.52. The van der Waals surface area contributed by atoms with E-state index in [0.717, 1.165) is 13.0 Å². The van der Waals surface area contributed by atoms with Crippen LogP contribution in [-0.4, -0.2) is 12.6 Å². The van der Waals surface area contributed by atoms with Crippen LogP contribution < -0.4 is 5.32 Å². The number of rotatable bonds is 8. The Morgan fingerprint density at radius 3 is 2.75 bits per heavy atom. The summed E-state index contributed by atoms with van der Waals surface area (Å²) in [6, 6.07) is 13.5. The average molecular weight is 352 g/mol. The fraction of sp³-hybridized carbons (Fsp3) is 0.412. The number of thiophene rings is 1. The van der Waals surface area contributed by atoms with E-state index in [1.807, 2.05) is 11.3 Å². The molecule has 0 bridgehead atoms. The lowest BCUT2D eigenvalue weighted by Crippen LogP contribution is -2.31. The molecule has 0 aliphatic rings. The number of nitrogens with one attached hydrogen (secondary N) is 1. The van der Waals surface area contributed by atoms with Crippen LogP contribution in [0.15, 0.2) is 46.3 Å². The first kappa shape index (κ1) is 15.7. The SMILES string of the molecule is CCNC(CCCc1cccs1)Cc1ccccc1Br. The molecule has 0 aliphatic heterocycles. The molecule has 1 atom stereocenters. The molecule has 108 valence electrons. The minimum absolute atomic E-state index is 0.568. The number of hydrogen-bond donors (Lipinski definition) is 1. The van der Waals surface area contributed by atoms with Crippen LogP contribution in [0.3, 0.4) is 0 Å². The zero-order chi connectivity index (χ0) is 14.2. The summed E-state index contributed by atoms with van der Waals surface area (Å²) in [5, 5.41) is 5.79. The third-order valence-electron chi connectivity index (χ3n) is 3.47. The van der Waals surface area contributed by atoms with Gasteiger partial charge in [-0.1, -0.05) is 47.1 Å². The number of benzene rings is 1. The molecule has 1 nitrogen and oxygen atoms in total. The molecule has 0 radical (unpaired) electrons. The fourth-order valence-electron chi connectivity index (χ4n) is 2.47. The van der Waals surface area contributed by atoms with E-state index in [2.05, 4.69) is 69.9 Å². The van der Waals surface area contributed by atoms with Gasteiger partial charge in [0.2, 0.25) is 0 Å². The van der Waals surface area contributed by atoms with Gasteiger partial charge in [0, 0.05) is 15.4 Å². The number of aryl methyl sites for hydroxylation is 1. The third-order valence-corrected chi connectivity index (χ3v) is 5.18. The van der Waals surface area contributed by atoms with Crippen molar-refractivity contribution in [3.05, 3.63) is 56.7 Å². The van der Waals surface area contributed by atoms with Gasteiger partial charge in [0.05, 0.1) is 0 Å². The molecule has 0 saturated carbocycles. The molecule has 0 aliphatic carbocycles. The fourth-order valence-corrected chi connectivity index (χ4v) is 3.67. The molecular formula is C17H22BrNS. The molecule has 0 saturated heterocycles. The first-order valence-electron chi connectivity index (χ1n) is 7.28. The van der Waals surface area contributed by atoms with E-state index in [4.69, 9.17) is 0 Å². The van der Waals surface area contributed by atoms with Gasteiger partial charge in [-0.3, -0.25) is 0 Å². The summed E-state index contributed by atoms with van der Waals surface area (Å²) < 4.78 is 1.22. The molecule has 2 rings (SSSR count). The van der Waals surface area contributed by atoms with Crippen LogP contribution in [-0.2, 0) is 12.8 Å². The van der Waals surface area contributed by atoms with E-state index in [1.54, 1.807) is 0 Å². The van der Waals surface area contributed by atoms with E-state index in [0.29, 0.717) is 6.04 Å². The largest absolute Gasteiger partial charge is 0.314 e. The van der Waals surface area contributed by atoms with Crippen molar-refractivity contribution in [2.24, 2.45) is 0 Å². The van der Waals surface area contributed by atoms with Gasteiger partial charge in [-0.05, 0) is 55.3 Å². The summed E-state index contributed by atoms with van der Waals surface area (Å²) in [5.74, 6) is 0. The van der Waals surface area contributed by atoms with Crippen LogP contribution >= 0.6 is 27.3 Å². The van der Waals surface area contributed by atoms with Gasteiger partial charge < -0.3 is 5.32 Å². The summed E-state index contributed by atoms with van der Waals surface area (Å²) in [5.41, 5.74) is 1.40. The molecule has 3 heteroatoms. The van der Waals surface area contributed by atoms with Crippen molar-refractivity contribution < 1.29 is 0 Å². The smallest absolute Gasteiger partial charge is 0.0207 e. The number of halogens is 1. The van der Waals surface area contributed by atoms with Crippen LogP contribution in [0.1, 0.15) is 30.2 Å². The molecule has 20 heavy (non-hydrogen) atoms. The van der Waals surface area contributed by atoms with E-state index in [1.165, 1.54) is 34.2 Å². The highest BCUT2D eigenvalue weighted by Crippen LogP contribution is 2.19. The number of hydrogen-bond acceptors (Lipinski definition) is 2. The maximum Gasteiger partial charge on any atom is 0.0207 e. The van der Waals surface area contributed by atoms with E-state index >= 15 is 0 Å². The molecule has 1 heterocycles. The van der Waals surface area contributed by atoms with Crippen molar-refractivity contribution in [2.75, 3.05) is 6.54 Å². The quantitative estimate of drug-likeness (QED) is 0.701. The lowest BCUT2D eigenvalue weighted by atomic mass is 10.0. The zero-order valence-electron chi connectivity index (χ0n) is 11.9. The lowest BCUT2D eigenvalue weighted by Gasteiger charge is -2.18. The predicted molar refractivity (Wildman–Crippen MR) is 92.6 cm³/mol. The van der Waals surface area contributed by atoms with Gasteiger partial charge in [0.15, 0.2) is 0 Å². The Hall–Kier alpha value is -0.640. The van der Waals surface area contributed by atoms with E-state index in [-0.39, 0.29) is 0 Å². The highest BCUT2D eigenvalue weighted by Gasteiger charge is 2.10. The van der Waals surface area contributed by atoms with Crippen LogP contribution in [0.4, 0.5) is 0 Å². The first-order chi connectivity index (χ1) is 9.79. The molecular weight excluding hydrogens is 330 g/mol. The normalized spacial score (nSPS) is 12.5. The Morgan fingerprint density at radius 2 is 2.05 bits per heavy atom. The Bertz CT molecular complexity index is 495. The molecule has 1 N–H and O–H groups in total. The molecule has 0 amide bonds. The topological polar surface area (TPSA) is 12.0 Å². The summed E-state index contributed by atoms with van der Waals surface area (Å²) in [4.78, 5) is 1.50. The van der Waals surface area contributed by atoms with Crippen molar-refractivity contribution in [3.8, 4) is 0 Å². The van der Waals surface area contributed by atoms with Crippen molar-refractivity contribution in [1.29, 1.82) is 0 Å². The van der Waals surface area contributed by atoms with Crippen molar-refractivity contribution in [3.63, 3.8) is 0 Å². The van der Waals surface area contributed by atoms with Gasteiger partial charge in [-0.25, -0.2) is 0 Å². The maximum atomic E-state index is 3.65. The minimum atomic E-state index is 0.568. The average Bonchev–Trinajstić information content (AvgIpc) is 2.95. The Labute approximate surface area is 134 Å². The molecule has 0 fully saturated rings. The predicted octanol–water partition coefficient (Wildman–Crippen LogP) is 5.05. The monoisotopic (exact) mass is 351 g/mol. The van der Waals surface area contributed by atoms with Gasteiger partial charge >= 0.3 is 0 Å². The van der Waals surface area contributed by atoms with Crippen LogP contribution in [0, 0.1) is 0 Å². The summed E-state index contributed by atoms with van der Waals surface area (Å²) in [6.45, 7) is 3.22. The lowest BCUT2D eigenvalue weighted by molar-refractivity contribution is 0.476. The highest BCUT2D eigenvalue weighted by molar-refractivity contribution is 9.10. The molecule has 2 aromatic rings. The zero-order valence-corrected chi connectivity index (χ0v) is 14.3. The first-order valence-corrected chi connectivity index (χ1v) is 8.96. The third kappa shape index (κ3) is 5.04. The van der Waals surface area contributed by atoms with Gasteiger partial charge in [-0.2, -0.15) is 0 Å². The standard InChI is InChI=1S/C17H22BrNS/c1-2-19-15(8-5-9-16-10-6-12-20-16)13-14-7-3-4-11-17(14)18/h3-4,6-7,10-12,15,19H,2,5,8-9,13H2,1H3. The Balaban J connectivity index is 1.85. The van der Waals surface area contributed by atoms with Crippen molar-refractivity contribution in [1.82, 2.24) is 5.32 Å². The van der Waals surface area contributed by atoms with Crippen molar-refractivity contribution in [2.45, 2.75) is 38.6 Å². The van der Waals surface area contributed by atoms with Gasteiger partial charge in [0.1, 0.15) is 0 Å². The second-order valence-electron chi connectivity index (χ2n) is 5.02. The molecule has 1 unspecified atom stereocenters. The van der Waals surface area contributed by atoms with Crippen LogP contribution in [0.5, 0.6) is 0 Å². The van der Waals surface area contributed by atoms with Crippen molar-refractivity contribution >= 4 is 27.3 Å². The van der Waals surface area contributed by atoms with Gasteiger partial charge in [0.25, 0.3) is 0 Å². The second kappa shape index (κ2) is 8.60. The molecule has 1 aromatic heterocycles. The van der Waals surface area contributed by atoms with Crippen LogP contribution in [0.25, 0.3) is 0 Å². The Kier molecular flexibility index (Phi) is 6.77. The Morgan fingerprint density at radius 1 is 1.20 bits per heavy atom. The summed E-state index contributed by atoms with van der Waals surface area (Å²) in [7, 11) is 0. The second-order valence-corrected chi connectivity index (χ2v) is 6.91. The highest BCUT2D eigenvalue weighted by atomic mass is 79.9. The van der Waals surface area contributed by atoms with Crippen LogP contribution in [0.2, 0.25) is 0 Å². The molecule has 0 spiro atoms. The number of likely N-dealkylation sites (N-methyl/N-ethyl adjacent to an activating group) is 1. The summed E-state index contributed by atoms with van der Waals surface area (Å²) in [6.07, 6.45) is 4.78. The van der Waals surface area contributed by atoms with E-state index < -0.39 is 0 Å². The van der Waals surface area contributed by atoms with E-state index in [9.17, 15) is 0 Å². The maximum absolute atomic E-state index is 3.65. The minimum Gasteiger partial charge on any atom is -0.314 e. The molecule has 1 aromatic carbocycles. The van der Waals surface area contributed by atoms with Gasteiger partial charge in [-0.15, -0.1) is 11.3 Å².